The number of aryl methyl sites for hydroxylation is 1. The van der Waals surface area contributed by atoms with Crippen LogP contribution in [0, 0.1) is 0 Å². The second-order valence-corrected chi connectivity index (χ2v) is 5.93. The van der Waals surface area contributed by atoms with Gasteiger partial charge in [-0.15, -0.1) is 0 Å². The summed E-state index contributed by atoms with van der Waals surface area (Å²) in [5.74, 6) is 0.739. The molecule has 0 aromatic carbocycles. The third-order valence-corrected chi connectivity index (χ3v) is 4.28. The summed E-state index contributed by atoms with van der Waals surface area (Å²) in [5, 5.41) is 5.45. The van der Waals surface area contributed by atoms with Crippen LogP contribution in [0.5, 0.6) is 0 Å². The van der Waals surface area contributed by atoms with Crippen LogP contribution in [0.1, 0.15) is 26.1 Å². The minimum atomic E-state index is 0.240. The zero-order valence-electron chi connectivity index (χ0n) is 12.6. The number of ether oxygens (including phenoxy) is 1. The molecule has 2 atom stereocenters. The number of aromatic nitrogens is 4. The monoisotopic (exact) mass is 309 g/mol. The van der Waals surface area contributed by atoms with Gasteiger partial charge in [-0.3, -0.25) is 9.58 Å². The lowest BCUT2D eigenvalue weighted by molar-refractivity contribution is -0.0599. The van der Waals surface area contributed by atoms with Crippen molar-refractivity contribution in [1.29, 1.82) is 0 Å². The van der Waals surface area contributed by atoms with E-state index in [1.54, 1.807) is 10.9 Å². The van der Waals surface area contributed by atoms with E-state index in [-0.39, 0.29) is 6.10 Å². The summed E-state index contributed by atoms with van der Waals surface area (Å²) in [4.78, 5) is 11.4. The van der Waals surface area contributed by atoms with Crippen LogP contribution in [0.25, 0.3) is 11.0 Å². The molecule has 0 aliphatic carbocycles. The Kier molecular flexibility index (Phi) is 4.10. The van der Waals surface area contributed by atoms with Crippen LogP contribution in [0.15, 0.2) is 6.20 Å². The second kappa shape index (κ2) is 5.87. The molecule has 6 nitrogen and oxygen atoms in total. The van der Waals surface area contributed by atoms with Gasteiger partial charge in [-0.25, -0.2) is 9.97 Å². The Bertz CT molecular complexity index is 644. The summed E-state index contributed by atoms with van der Waals surface area (Å²) in [6.07, 6.45) is 2.99. The fraction of sp³-hybridized carbons (Fsp3) is 0.643. The van der Waals surface area contributed by atoms with Crippen molar-refractivity contribution in [1.82, 2.24) is 24.6 Å². The van der Waals surface area contributed by atoms with Crippen LogP contribution in [0.2, 0.25) is 5.15 Å². The van der Waals surface area contributed by atoms with Crippen molar-refractivity contribution >= 4 is 22.6 Å². The molecule has 0 saturated carbocycles. The van der Waals surface area contributed by atoms with Crippen LogP contribution in [0.4, 0.5) is 0 Å². The highest BCUT2D eigenvalue weighted by Crippen LogP contribution is 2.21. The maximum Gasteiger partial charge on any atom is 0.162 e. The van der Waals surface area contributed by atoms with Gasteiger partial charge in [0, 0.05) is 19.6 Å². The summed E-state index contributed by atoms with van der Waals surface area (Å²) in [6, 6.07) is 0.408. The van der Waals surface area contributed by atoms with E-state index in [1.165, 1.54) is 0 Å². The molecule has 1 aliphatic heterocycles. The first-order valence-corrected chi connectivity index (χ1v) is 7.66. The van der Waals surface area contributed by atoms with Gasteiger partial charge >= 0.3 is 0 Å². The van der Waals surface area contributed by atoms with Crippen LogP contribution >= 0.6 is 11.6 Å². The molecule has 2 aromatic rings. The van der Waals surface area contributed by atoms with Gasteiger partial charge in [-0.05, 0) is 13.3 Å². The maximum absolute atomic E-state index is 6.24. The number of nitrogens with zero attached hydrogens (tertiary/aromatic N) is 5. The highest BCUT2D eigenvalue weighted by Gasteiger charge is 2.26. The van der Waals surface area contributed by atoms with Gasteiger partial charge in [-0.2, -0.15) is 5.10 Å². The van der Waals surface area contributed by atoms with E-state index in [0.29, 0.717) is 17.7 Å². The summed E-state index contributed by atoms with van der Waals surface area (Å²) in [6.45, 7) is 6.61. The maximum atomic E-state index is 6.24. The molecule has 3 heterocycles. The third kappa shape index (κ3) is 2.88. The molecule has 0 radical (unpaired) electrons. The van der Waals surface area contributed by atoms with E-state index < -0.39 is 0 Å². The van der Waals surface area contributed by atoms with Crippen LogP contribution in [-0.2, 0) is 18.3 Å². The largest absolute Gasteiger partial charge is 0.376 e. The highest BCUT2D eigenvalue weighted by atomic mass is 35.5. The van der Waals surface area contributed by atoms with E-state index in [0.717, 1.165) is 36.4 Å². The summed E-state index contributed by atoms with van der Waals surface area (Å²) < 4.78 is 7.46. The van der Waals surface area contributed by atoms with Crippen LogP contribution < -0.4 is 0 Å². The van der Waals surface area contributed by atoms with Crippen molar-refractivity contribution < 1.29 is 4.74 Å². The summed E-state index contributed by atoms with van der Waals surface area (Å²) in [5.41, 5.74) is 0.777. The van der Waals surface area contributed by atoms with Crippen molar-refractivity contribution in [2.45, 2.75) is 39.0 Å². The van der Waals surface area contributed by atoms with Crippen molar-refractivity contribution in [2.24, 2.45) is 7.05 Å². The first-order valence-electron chi connectivity index (χ1n) is 7.28. The number of hydrogen-bond acceptors (Lipinski definition) is 5. The number of hydrogen-bond donors (Lipinski definition) is 0. The molecule has 114 valence electrons. The molecule has 0 N–H and O–H groups in total. The average molecular weight is 310 g/mol. The van der Waals surface area contributed by atoms with E-state index in [4.69, 9.17) is 16.3 Å². The first kappa shape index (κ1) is 14.7. The molecule has 3 rings (SSSR count). The van der Waals surface area contributed by atoms with Gasteiger partial charge in [-0.1, -0.05) is 18.5 Å². The Morgan fingerprint density at radius 3 is 3.00 bits per heavy atom. The number of rotatable bonds is 3. The minimum Gasteiger partial charge on any atom is -0.376 e. The molecular formula is C14H20ClN5O. The molecule has 0 spiro atoms. The van der Waals surface area contributed by atoms with E-state index in [9.17, 15) is 0 Å². The highest BCUT2D eigenvalue weighted by molar-refractivity contribution is 6.33. The second-order valence-electron chi connectivity index (χ2n) is 5.57. The predicted molar refractivity (Wildman–Crippen MR) is 81.2 cm³/mol. The van der Waals surface area contributed by atoms with Crippen LogP contribution in [0.3, 0.4) is 0 Å². The molecule has 1 aliphatic rings. The average Bonchev–Trinajstić information content (AvgIpc) is 2.81. The number of morpholine rings is 1. The fourth-order valence-electron chi connectivity index (χ4n) is 2.76. The topological polar surface area (TPSA) is 56.1 Å². The van der Waals surface area contributed by atoms with E-state index in [1.807, 2.05) is 7.05 Å². The van der Waals surface area contributed by atoms with Crippen molar-refractivity contribution in [3.05, 3.63) is 17.2 Å². The third-order valence-electron chi connectivity index (χ3n) is 3.99. The van der Waals surface area contributed by atoms with E-state index in [2.05, 4.69) is 33.8 Å². The number of fused-ring (bicyclic) bond motifs is 1. The molecule has 7 heteroatoms. The van der Waals surface area contributed by atoms with Gasteiger partial charge in [0.2, 0.25) is 0 Å². The SMILES string of the molecule is CCC1COC(C)CN1Cc1nc(Cl)c2cnn(C)c2n1. The Morgan fingerprint density at radius 1 is 1.43 bits per heavy atom. The Hall–Kier alpha value is -1.24. The molecule has 21 heavy (non-hydrogen) atoms. The van der Waals surface area contributed by atoms with Crippen molar-refractivity contribution in [3.8, 4) is 0 Å². The predicted octanol–water partition coefficient (Wildman–Crippen LogP) is 2.02. The van der Waals surface area contributed by atoms with Gasteiger partial charge in [0.05, 0.1) is 30.8 Å². The fourth-order valence-corrected chi connectivity index (χ4v) is 3.00. The molecule has 1 saturated heterocycles. The van der Waals surface area contributed by atoms with Crippen molar-refractivity contribution in [2.75, 3.05) is 13.2 Å². The quantitative estimate of drug-likeness (QED) is 0.812. The molecule has 1 fully saturated rings. The smallest absolute Gasteiger partial charge is 0.162 e. The van der Waals surface area contributed by atoms with Gasteiger partial charge in [0.25, 0.3) is 0 Å². The van der Waals surface area contributed by atoms with Crippen molar-refractivity contribution in [3.63, 3.8) is 0 Å². The van der Waals surface area contributed by atoms with E-state index >= 15 is 0 Å². The molecule has 2 unspecified atom stereocenters. The standard InChI is InChI=1S/C14H20ClN5O/c1-4-10-8-21-9(2)6-20(10)7-12-17-13(15)11-5-16-19(3)14(11)18-12/h5,9-10H,4,6-8H2,1-3H3. The minimum absolute atomic E-state index is 0.240. The number of halogens is 1. The lowest BCUT2D eigenvalue weighted by Crippen LogP contribution is -2.48. The summed E-state index contributed by atoms with van der Waals surface area (Å²) >= 11 is 6.24. The lowest BCUT2D eigenvalue weighted by Gasteiger charge is -2.37. The lowest BCUT2D eigenvalue weighted by atomic mass is 10.1. The first-order chi connectivity index (χ1) is 10.1. The molecule has 2 aromatic heterocycles. The summed E-state index contributed by atoms with van der Waals surface area (Å²) in [7, 11) is 1.86. The zero-order valence-corrected chi connectivity index (χ0v) is 13.3. The Labute approximate surface area is 129 Å². The molecule has 0 amide bonds. The molecular weight excluding hydrogens is 290 g/mol. The Morgan fingerprint density at radius 2 is 2.24 bits per heavy atom. The van der Waals surface area contributed by atoms with Gasteiger partial charge < -0.3 is 4.74 Å². The zero-order chi connectivity index (χ0) is 15.0. The molecule has 0 bridgehead atoms. The normalized spacial score (nSPS) is 23.8. The Balaban J connectivity index is 1.88. The van der Waals surface area contributed by atoms with Gasteiger partial charge in [0.15, 0.2) is 5.65 Å². The van der Waals surface area contributed by atoms with Crippen LogP contribution in [-0.4, -0.2) is 49.9 Å². The van der Waals surface area contributed by atoms with Gasteiger partial charge in [0.1, 0.15) is 11.0 Å².